The average Bonchev–Trinajstić information content (AvgIpc) is 3.45. The van der Waals surface area contributed by atoms with Crippen molar-refractivity contribution < 1.29 is 28.6 Å². The maximum atomic E-state index is 13.6. The van der Waals surface area contributed by atoms with Crippen LogP contribution in [-0.2, 0) is 16.0 Å². The minimum absolute atomic E-state index is 0.156. The van der Waals surface area contributed by atoms with Crippen LogP contribution in [0, 0.1) is 5.82 Å². The Morgan fingerprint density at radius 3 is 2.51 bits per heavy atom. The second-order valence-corrected chi connectivity index (χ2v) is 9.42. The van der Waals surface area contributed by atoms with Gasteiger partial charge in [0.25, 0.3) is 5.78 Å². The van der Waals surface area contributed by atoms with Crippen molar-refractivity contribution in [1.29, 1.82) is 0 Å². The van der Waals surface area contributed by atoms with Gasteiger partial charge in [-0.05, 0) is 54.4 Å². The quantitative estimate of drug-likeness (QED) is 0.202. The van der Waals surface area contributed by atoms with Gasteiger partial charge in [-0.3, -0.25) is 14.5 Å². The minimum atomic E-state index is -1.07. The summed E-state index contributed by atoms with van der Waals surface area (Å²) in [5.74, 6) is -1.95. The summed E-state index contributed by atoms with van der Waals surface area (Å²) < 4.78 is 25.5. The molecule has 1 N–H and O–H groups in total. The second-order valence-electron chi connectivity index (χ2n) is 8.41. The van der Waals surface area contributed by atoms with Crippen LogP contribution in [0.4, 0.5) is 9.52 Å². The van der Waals surface area contributed by atoms with E-state index < -0.39 is 29.3 Å². The third-order valence-corrected chi connectivity index (χ3v) is 7.36. The fourth-order valence-corrected chi connectivity index (χ4v) is 5.55. The molecule has 0 spiro atoms. The van der Waals surface area contributed by atoms with E-state index in [4.69, 9.17) is 9.47 Å². The van der Waals surface area contributed by atoms with Crippen LogP contribution < -0.4 is 14.4 Å². The SMILES string of the molecule is CCc1ccc2nc(N3C(=O)C(=O)/C(=C(/O)c4ccc(F)cc4)[C@@H]3c3cccc(OC)c3OC)sc2c1. The Kier molecular flexibility index (Phi) is 6.39. The van der Waals surface area contributed by atoms with Crippen molar-refractivity contribution in [2.24, 2.45) is 0 Å². The Labute approximate surface area is 216 Å². The van der Waals surface area contributed by atoms with Gasteiger partial charge in [-0.2, -0.15) is 0 Å². The molecule has 7 nitrogen and oxygen atoms in total. The number of para-hydroxylation sites is 1. The number of halogens is 1. The lowest BCUT2D eigenvalue weighted by molar-refractivity contribution is -0.132. The molecule has 1 aliphatic rings. The van der Waals surface area contributed by atoms with E-state index in [9.17, 15) is 19.1 Å². The molecule has 5 rings (SSSR count). The Morgan fingerprint density at radius 1 is 1.08 bits per heavy atom. The molecule has 1 aliphatic heterocycles. The highest BCUT2D eigenvalue weighted by molar-refractivity contribution is 7.22. The Morgan fingerprint density at radius 2 is 1.84 bits per heavy atom. The van der Waals surface area contributed by atoms with Gasteiger partial charge in [-0.25, -0.2) is 9.37 Å². The highest BCUT2D eigenvalue weighted by Gasteiger charge is 2.49. The van der Waals surface area contributed by atoms with Crippen LogP contribution in [0.3, 0.4) is 0 Å². The number of carbonyl (C=O) groups excluding carboxylic acids is 2. The van der Waals surface area contributed by atoms with E-state index in [0.717, 1.165) is 16.7 Å². The maximum absolute atomic E-state index is 13.6. The van der Waals surface area contributed by atoms with Crippen LogP contribution in [0.1, 0.15) is 29.7 Å². The topological polar surface area (TPSA) is 89.0 Å². The molecule has 3 aromatic carbocycles. The molecule has 9 heteroatoms. The summed E-state index contributed by atoms with van der Waals surface area (Å²) in [4.78, 5) is 32.9. The minimum Gasteiger partial charge on any atom is -0.507 e. The standard InChI is InChI=1S/C28H23FN2O5S/c1-4-15-8-13-19-21(14-15)37-28(30-19)31-23(18-6-5-7-20(35-2)26(18)36-3)22(25(33)27(31)34)24(32)16-9-11-17(29)12-10-16/h5-14,23,32H,4H2,1-3H3/b24-22+/t23-/m0/s1. The lowest BCUT2D eigenvalue weighted by atomic mass is 9.94. The van der Waals surface area contributed by atoms with Crippen LogP contribution in [0.15, 0.2) is 66.2 Å². The number of thiazole rings is 1. The average molecular weight is 519 g/mol. The van der Waals surface area contributed by atoms with E-state index >= 15 is 0 Å². The number of aliphatic hydroxyl groups is 1. The maximum Gasteiger partial charge on any atom is 0.301 e. The molecule has 1 atom stereocenters. The number of anilines is 1. The Hall–Kier alpha value is -4.24. The van der Waals surface area contributed by atoms with Gasteiger partial charge >= 0.3 is 5.91 Å². The van der Waals surface area contributed by atoms with E-state index in [2.05, 4.69) is 4.98 Å². The molecule has 0 unspecified atom stereocenters. The molecular weight excluding hydrogens is 495 g/mol. The first-order valence-electron chi connectivity index (χ1n) is 11.5. The number of Topliss-reactive ketones (excluding diaryl/α,β-unsaturated/α-hetero) is 1. The van der Waals surface area contributed by atoms with Crippen molar-refractivity contribution in [3.8, 4) is 11.5 Å². The fraction of sp³-hybridized carbons (Fsp3) is 0.179. The highest BCUT2D eigenvalue weighted by atomic mass is 32.1. The normalized spacial score (nSPS) is 17.0. The summed E-state index contributed by atoms with van der Waals surface area (Å²) in [7, 11) is 2.94. The zero-order valence-electron chi connectivity index (χ0n) is 20.3. The summed E-state index contributed by atoms with van der Waals surface area (Å²) in [6.45, 7) is 2.05. The van der Waals surface area contributed by atoms with Crippen LogP contribution >= 0.6 is 11.3 Å². The Bertz CT molecular complexity index is 1560. The van der Waals surface area contributed by atoms with Gasteiger partial charge < -0.3 is 14.6 Å². The van der Waals surface area contributed by atoms with Crippen molar-refractivity contribution >= 4 is 44.1 Å². The number of hydrogen-bond donors (Lipinski definition) is 1. The van der Waals surface area contributed by atoms with Gasteiger partial charge in [0.1, 0.15) is 17.6 Å². The molecule has 4 aromatic rings. The van der Waals surface area contributed by atoms with E-state index in [1.807, 2.05) is 25.1 Å². The molecule has 37 heavy (non-hydrogen) atoms. The number of methoxy groups -OCH3 is 2. The van der Waals surface area contributed by atoms with Crippen LogP contribution in [-0.4, -0.2) is 36.0 Å². The molecule has 1 amide bonds. The number of aryl methyl sites for hydroxylation is 1. The van der Waals surface area contributed by atoms with E-state index in [0.29, 0.717) is 27.7 Å². The molecular formula is C28H23FN2O5S. The first kappa shape index (κ1) is 24.5. The number of rotatable bonds is 6. The number of nitrogens with zero attached hydrogens (tertiary/aromatic N) is 2. The Balaban J connectivity index is 1.77. The molecule has 1 aromatic heterocycles. The largest absolute Gasteiger partial charge is 0.507 e. The number of amides is 1. The van der Waals surface area contributed by atoms with Crippen molar-refractivity contribution in [2.45, 2.75) is 19.4 Å². The van der Waals surface area contributed by atoms with Crippen molar-refractivity contribution in [2.75, 3.05) is 19.1 Å². The predicted octanol–water partition coefficient (Wildman–Crippen LogP) is 5.64. The van der Waals surface area contributed by atoms with Crippen LogP contribution in [0.2, 0.25) is 0 Å². The second kappa shape index (κ2) is 9.67. The number of benzene rings is 3. The molecule has 0 aliphatic carbocycles. The monoisotopic (exact) mass is 518 g/mol. The summed E-state index contributed by atoms with van der Waals surface area (Å²) in [6, 6.07) is 14.9. The summed E-state index contributed by atoms with van der Waals surface area (Å²) in [6.07, 6.45) is 0.840. The van der Waals surface area contributed by atoms with Gasteiger partial charge in [0.2, 0.25) is 0 Å². The van der Waals surface area contributed by atoms with Crippen molar-refractivity contribution in [1.82, 2.24) is 4.98 Å². The lowest BCUT2D eigenvalue weighted by Crippen LogP contribution is -2.29. The molecule has 188 valence electrons. The number of ether oxygens (including phenoxy) is 2. The van der Waals surface area contributed by atoms with Gasteiger partial charge in [0.05, 0.1) is 30.0 Å². The third kappa shape index (κ3) is 4.11. The summed E-state index contributed by atoms with van der Waals surface area (Å²) in [5, 5.41) is 11.6. The third-order valence-electron chi connectivity index (χ3n) is 6.35. The van der Waals surface area contributed by atoms with E-state index in [-0.39, 0.29) is 11.1 Å². The number of ketones is 1. The van der Waals surface area contributed by atoms with Crippen molar-refractivity contribution in [3.63, 3.8) is 0 Å². The number of hydrogen-bond acceptors (Lipinski definition) is 7. The fourth-order valence-electron chi connectivity index (χ4n) is 4.49. The van der Waals surface area contributed by atoms with Gasteiger partial charge in [0, 0.05) is 11.1 Å². The number of aliphatic hydroxyl groups excluding tert-OH is 1. The van der Waals surface area contributed by atoms with Crippen molar-refractivity contribution in [3.05, 3.63) is 88.7 Å². The van der Waals surface area contributed by atoms with E-state index in [1.54, 1.807) is 18.2 Å². The highest BCUT2D eigenvalue weighted by Crippen LogP contribution is 2.48. The van der Waals surface area contributed by atoms with Gasteiger partial charge in [-0.15, -0.1) is 0 Å². The number of fused-ring (bicyclic) bond motifs is 1. The molecule has 0 bridgehead atoms. The molecule has 1 fully saturated rings. The zero-order valence-corrected chi connectivity index (χ0v) is 21.1. The number of aromatic nitrogens is 1. The summed E-state index contributed by atoms with van der Waals surface area (Å²) >= 11 is 1.28. The number of carbonyl (C=O) groups is 2. The lowest BCUT2D eigenvalue weighted by Gasteiger charge is -2.25. The molecule has 1 saturated heterocycles. The van der Waals surface area contributed by atoms with Gasteiger partial charge in [-0.1, -0.05) is 36.5 Å². The molecule has 2 heterocycles. The molecule has 0 saturated carbocycles. The van der Waals surface area contributed by atoms with Crippen LogP contribution in [0.5, 0.6) is 11.5 Å². The smallest absolute Gasteiger partial charge is 0.301 e. The molecule has 0 radical (unpaired) electrons. The first-order chi connectivity index (χ1) is 17.9. The zero-order chi connectivity index (χ0) is 26.3. The summed E-state index contributed by atoms with van der Waals surface area (Å²) in [5.41, 5.74) is 2.28. The predicted molar refractivity (Wildman–Crippen MR) is 140 cm³/mol. The van der Waals surface area contributed by atoms with Crippen LogP contribution in [0.25, 0.3) is 16.0 Å². The van der Waals surface area contributed by atoms with E-state index in [1.165, 1.54) is 54.7 Å². The first-order valence-corrected chi connectivity index (χ1v) is 12.4. The van der Waals surface area contributed by atoms with Gasteiger partial charge in [0.15, 0.2) is 16.6 Å².